The summed E-state index contributed by atoms with van der Waals surface area (Å²) in [5.74, 6) is -0.928. The lowest BCUT2D eigenvalue weighted by atomic mass is 10.1. The molecule has 9 heteroatoms. The Balaban J connectivity index is 1.77. The molecule has 0 aliphatic carbocycles. The number of aromatic nitrogens is 2. The van der Waals surface area contributed by atoms with E-state index >= 15 is 0 Å². The van der Waals surface area contributed by atoms with Crippen LogP contribution in [0.25, 0.3) is 0 Å². The van der Waals surface area contributed by atoms with Gasteiger partial charge in [-0.15, -0.1) is 0 Å². The number of nitro groups is 1. The first-order valence-corrected chi connectivity index (χ1v) is 7.23. The lowest BCUT2D eigenvalue weighted by Crippen LogP contribution is -2.30. The number of nitrogens with one attached hydrogen (secondary N) is 2. The average Bonchev–Trinajstić information content (AvgIpc) is 2.57. The van der Waals surface area contributed by atoms with E-state index in [1.54, 1.807) is 0 Å². The molecule has 0 unspecified atom stereocenters. The molecule has 0 bridgehead atoms. The van der Waals surface area contributed by atoms with Crippen molar-refractivity contribution in [2.24, 2.45) is 0 Å². The zero-order valence-electron chi connectivity index (χ0n) is 12.7. The van der Waals surface area contributed by atoms with Gasteiger partial charge in [0.2, 0.25) is 0 Å². The number of rotatable bonds is 8. The number of aryl methyl sites for hydroxylation is 1. The van der Waals surface area contributed by atoms with Gasteiger partial charge in [-0.3, -0.25) is 19.7 Å². The molecule has 0 atom stereocenters. The maximum Gasteiger partial charge on any atom is 0.395 e. The fraction of sp³-hybridized carbons (Fsp3) is 0.267. The molecule has 24 heavy (non-hydrogen) atoms. The number of H-pyrrole nitrogens is 1. The van der Waals surface area contributed by atoms with Crippen LogP contribution in [-0.4, -0.2) is 34.0 Å². The van der Waals surface area contributed by atoms with Gasteiger partial charge in [-0.1, -0.05) is 30.3 Å². The van der Waals surface area contributed by atoms with Crippen molar-refractivity contribution in [3.8, 4) is 5.88 Å². The van der Waals surface area contributed by atoms with Gasteiger partial charge in [0.25, 0.3) is 5.91 Å². The van der Waals surface area contributed by atoms with Crippen LogP contribution in [0.15, 0.2) is 41.5 Å². The zero-order chi connectivity index (χ0) is 17.4. The molecule has 2 aromatic rings. The summed E-state index contributed by atoms with van der Waals surface area (Å²) >= 11 is 0. The third-order valence-electron chi connectivity index (χ3n) is 3.12. The molecule has 1 aromatic carbocycles. The van der Waals surface area contributed by atoms with E-state index in [0.29, 0.717) is 6.54 Å². The van der Waals surface area contributed by atoms with Crippen LogP contribution in [-0.2, 0) is 11.2 Å². The highest BCUT2D eigenvalue weighted by atomic mass is 16.6. The summed E-state index contributed by atoms with van der Waals surface area (Å²) in [6.07, 6.45) is 2.55. The predicted octanol–water partition coefficient (Wildman–Crippen LogP) is 0.806. The Labute approximate surface area is 136 Å². The van der Waals surface area contributed by atoms with Gasteiger partial charge >= 0.3 is 17.1 Å². The molecule has 0 fully saturated rings. The smallest absolute Gasteiger partial charge is 0.395 e. The molecule has 126 valence electrons. The highest BCUT2D eigenvalue weighted by molar-refractivity contribution is 5.77. The molecular formula is C15H16N4O5. The summed E-state index contributed by atoms with van der Waals surface area (Å²) in [4.78, 5) is 38.6. The third kappa shape index (κ3) is 4.90. The SMILES string of the molecule is O=C(COc1nc[nH]c(=O)c1[N+](=O)[O-])NCCCc1ccccc1. The molecule has 0 spiro atoms. The number of aromatic amines is 1. The van der Waals surface area contributed by atoms with Crippen molar-refractivity contribution in [3.63, 3.8) is 0 Å². The summed E-state index contributed by atoms with van der Waals surface area (Å²) in [5, 5.41) is 13.4. The van der Waals surface area contributed by atoms with E-state index in [9.17, 15) is 19.7 Å². The molecule has 2 N–H and O–H groups in total. The lowest BCUT2D eigenvalue weighted by Gasteiger charge is -2.07. The number of nitrogens with zero attached hydrogens (tertiary/aromatic N) is 2. The Morgan fingerprint density at radius 2 is 2.08 bits per heavy atom. The monoisotopic (exact) mass is 332 g/mol. The van der Waals surface area contributed by atoms with Crippen molar-refractivity contribution < 1.29 is 14.5 Å². The minimum atomic E-state index is -0.937. The van der Waals surface area contributed by atoms with Crippen LogP contribution in [0.3, 0.4) is 0 Å². The highest BCUT2D eigenvalue weighted by Gasteiger charge is 2.22. The van der Waals surface area contributed by atoms with Crippen molar-refractivity contribution in [3.05, 3.63) is 62.7 Å². The van der Waals surface area contributed by atoms with Gasteiger partial charge in [0, 0.05) is 6.54 Å². The summed E-state index contributed by atoms with van der Waals surface area (Å²) in [6.45, 7) is -0.00931. The van der Waals surface area contributed by atoms with Crippen molar-refractivity contribution in [1.29, 1.82) is 0 Å². The number of hydrogen-bond acceptors (Lipinski definition) is 6. The largest absolute Gasteiger partial charge is 0.463 e. The number of carbonyl (C=O) groups excluding carboxylic acids is 1. The molecule has 1 amide bonds. The molecule has 0 aliphatic heterocycles. The summed E-state index contributed by atoms with van der Waals surface area (Å²) in [7, 11) is 0. The fourth-order valence-corrected chi connectivity index (χ4v) is 1.99. The fourth-order valence-electron chi connectivity index (χ4n) is 1.99. The summed E-state index contributed by atoms with van der Waals surface area (Å²) < 4.78 is 4.97. The normalized spacial score (nSPS) is 10.2. The van der Waals surface area contributed by atoms with Crippen LogP contribution >= 0.6 is 0 Å². The number of ether oxygens (including phenoxy) is 1. The molecule has 0 saturated heterocycles. The van der Waals surface area contributed by atoms with Crippen molar-refractivity contribution in [1.82, 2.24) is 15.3 Å². The minimum absolute atomic E-state index is 0.445. The van der Waals surface area contributed by atoms with E-state index in [1.165, 1.54) is 5.56 Å². The molecule has 2 rings (SSSR count). The third-order valence-corrected chi connectivity index (χ3v) is 3.12. The van der Waals surface area contributed by atoms with Crippen molar-refractivity contribution >= 4 is 11.6 Å². The number of hydrogen-bond donors (Lipinski definition) is 2. The maximum atomic E-state index is 11.7. The van der Waals surface area contributed by atoms with E-state index < -0.39 is 34.6 Å². The zero-order valence-corrected chi connectivity index (χ0v) is 12.7. The van der Waals surface area contributed by atoms with E-state index in [-0.39, 0.29) is 0 Å². The van der Waals surface area contributed by atoms with Gasteiger partial charge in [0.05, 0.1) is 11.3 Å². The van der Waals surface area contributed by atoms with Crippen LogP contribution in [0.1, 0.15) is 12.0 Å². The summed E-state index contributed by atoms with van der Waals surface area (Å²) in [6, 6.07) is 9.84. The first kappa shape index (κ1) is 17.1. The first-order chi connectivity index (χ1) is 11.6. The molecule has 1 aromatic heterocycles. The maximum absolute atomic E-state index is 11.7. The Bertz CT molecular complexity index is 760. The van der Waals surface area contributed by atoms with Crippen LogP contribution in [0.2, 0.25) is 0 Å². The average molecular weight is 332 g/mol. The molecule has 1 heterocycles. The molecule has 0 aliphatic rings. The van der Waals surface area contributed by atoms with Gasteiger partial charge in [-0.2, -0.15) is 4.98 Å². The number of amides is 1. The second-order valence-electron chi connectivity index (χ2n) is 4.87. The highest BCUT2D eigenvalue weighted by Crippen LogP contribution is 2.17. The van der Waals surface area contributed by atoms with Crippen LogP contribution < -0.4 is 15.6 Å². The molecule has 9 nitrogen and oxygen atoms in total. The standard InChI is InChI=1S/C15H16N4O5/c20-12(16-8-4-7-11-5-2-1-3-6-11)9-24-15-13(19(22)23)14(21)17-10-18-15/h1-3,5-6,10H,4,7-9H2,(H,16,20)(H,17,18,21). The second-order valence-corrected chi connectivity index (χ2v) is 4.87. The van der Waals surface area contributed by atoms with Crippen LogP contribution in [0.4, 0.5) is 5.69 Å². The van der Waals surface area contributed by atoms with E-state index in [0.717, 1.165) is 19.2 Å². The Morgan fingerprint density at radius 3 is 2.79 bits per heavy atom. The van der Waals surface area contributed by atoms with E-state index in [1.807, 2.05) is 30.3 Å². The number of benzene rings is 1. The Hall–Kier alpha value is -3.23. The Kier molecular flexibility index (Phi) is 6.01. The lowest BCUT2D eigenvalue weighted by molar-refractivity contribution is -0.387. The van der Waals surface area contributed by atoms with Gasteiger partial charge in [0.15, 0.2) is 6.61 Å². The van der Waals surface area contributed by atoms with Gasteiger partial charge in [-0.25, -0.2) is 0 Å². The number of carbonyl (C=O) groups is 1. The van der Waals surface area contributed by atoms with Crippen LogP contribution in [0, 0.1) is 10.1 Å². The van der Waals surface area contributed by atoms with Crippen molar-refractivity contribution in [2.75, 3.05) is 13.2 Å². The summed E-state index contributed by atoms with van der Waals surface area (Å²) in [5.41, 5.74) is -0.589. The van der Waals surface area contributed by atoms with Crippen LogP contribution in [0.5, 0.6) is 5.88 Å². The van der Waals surface area contributed by atoms with Gasteiger partial charge in [0.1, 0.15) is 0 Å². The topological polar surface area (TPSA) is 127 Å². The van der Waals surface area contributed by atoms with Crippen molar-refractivity contribution in [2.45, 2.75) is 12.8 Å². The van der Waals surface area contributed by atoms with E-state index in [4.69, 9.17) is 4.74 Å². The first-order valence-electron chi connectivity index (χ1n) is 7.23. The quantitative estimate of drug-likeness (QED) is 0.418. The predicted molar refractivity (Wildman–Crippen MR) is 84.8 cm³/mol. The van der Waals surface area contributed by atoms with Gasteiger partial charge in [-0.05, 0) is 18.4 Å². The second kappa shape index (κ2) is 8.42. The van der Waals surface area contributed by atoms with E-state index in [2.05, 4.69) is 15.3 Å². The Morgan fingerprint density at radius 1 is 1.33 bits per heavy atom. The minimum Gasteiger partial charge on any atom is -0.463 e. The molecular weight excluding hydrogens is 316 g/mol. The molecule has 0 saturated carbocycles. The van der Waals surface area contributed by atoms with Gasteiger partial charge < -0.3 is 15.0 Å². The molecule has 0 radical (unpaired) electrons.